The number of ether oxygens (including phenoxy) is 2. The van der Waals surface area contributed by atoms with Gasteiger partial charge in [-0.1, -0.05) is 6.08 Å². The van der Waals surface area contributed by atoms with Crippen LogP contribution in [0, 0.1) is 0 Å². The average molecular weight is 612 g/mol. The molecule has 0 radical (unpaired) electrons. The molecule has 0 amide bonds. The largest absolute Gasteiger partial charge is 0.528 e. The zero-order valence-corrected chi connectivity index (χ0v) is 18.8. The summed E-state index contributed by atoms with van der Waals surface area (Å²) >= 11 is 0. The Morgan fingerprint density at radius 2 is 0.946 bits per heavy atom. The molecule has 0 aromatic heterocycles. The molecule has 0 aromatic rings. The second-order valence-electron chi connectivity index (χ2n) is 6.45. The lowest BCUT2D eigenvalue weighted by Crippen LogP contribution is -2.67. The molecule has 0 aromatic carbocycles. The van der Waals surface area contributed by atoms with E-state index in [1.54, 1.807) is 0 Å². The minimum absolute atomic E-state index is 0.160. The lowest BCUT2D eigenvalue weighted by Gasteiger charge is -2.40. The van der Waals surface area contributed by atoms with Gasteiger partial charge in [0.15, 0.2) is 0 Å². The van der Waals surface area contributed by atoms with Crippen molar-refractivity contribution in [3.05, 3.63) is 11.8 Å². The van der Waals surface area contributed by atoms with E-state index in [1.165, 1.54) is 4.74 Å². The van der Waals surface area contributed by atoms with Gasteiger partial charge in [-0.15, -0.1) is 0 Å². The summed E-state index contributed by atoms with van der Waals surface area (Å²) in [5.74, 6) is -21.9. The number of alkyl halides is 17. The highest BCUT2D eigenvalue weighted by atomic mass is 28.4. The Labute approximate surface area is 195 Å². The SMILES string of the molecule is CO[Si](/C=C/CC(F)(OC(F)(F)C(F)(OC(F)(F)C(F)(F)C(F)(F)F)C(F)(F)F)C(F)(F)F)(OC)OC. The van der Waals surface area contributed by atoms with Crippen molar-refractivity contribution in [3.63, 3.8) is 0 Å². The van der Waals surface area contributed by atoms with E-state index in [1.807, 2.05) is 0 Å². The van der Waals surface area contributed by atoms with Crippen molar-refractivity contribution in [2.24, 2.45) is 0 Å². The van der Waals surface area contributed by atoms with Crippen LogP contribution in [0.1, 0.15) is 6.42 Å². The second-order valence-corrected chi connectivity index (χ2v) is 9.22. The van der Waals surface area contributed by atoms with Crippen molar-refractivity contribution in [3.8, 4) is 0 Å². The maximum absolute atomic E-state index is 14.4. The zero-order chi connectivity index (χ0) is 30.2. The van der Waals surface area contributed by atoms with Crippen LogP contribution >= 0.6 is 0 Å². The Morgan fingerprint density at radius 3 is 1.24 bits per heavy atom. The lowest BCUT2D eigenvalue weighted by atomic mass is 10.2. The van der Waals surface area contributed by atoms with Crippen LogP contribution < -0.4 is 0 Å². The molecule has 0 aliphatic heterocycles. The monoisotopic (exact) mass is 612 g/mol. The highest BCUT2D eigenvalue weighted by molar-refractivity contribution is 6.66. The molecule has 0 bridgehead atoms. The first-order valence-corrected chi connectivity index (χ1v) is 10.3. The van der Waals surface area contributed by atoms with E-state index in [9.17, 15) is 74.6 Å². The summed E-state index contributed by atoms with van der Waals surface area (Å²) in [6.45, 7) is 0. The van der Waals surface area contributed by atoms with Crippen molar-refractivity contribution in [2.45, 2.75) is 54.8 Å². The third-order valence-electron chi connectivity index (χ3n) is 4.00. The minimum Gasteiger partial charge on any atom is -0.374 e. The smallest absolute Gasteiger partial charge is 0.374 e. The van der Waals surface area contributed by atoms with E-state index >= 15 is 0 Å². The molecule has 0 aliphatic rings. The van der Waals surface area contributed by atoms with Crippen molar-refractivity contribution in [1.82, 2.24) is 0 Å². The van der Waals surface area contributed by atoms with Crippen molar-refractivity contribution < 1.29 is 97.4 Å². The molecule has 0 saturated heterocycles. The Kier molecular flexibility index (Phi) is 10.2. The number of hydrogen-bond donors (Lipinski definition) is 0. The molecule has 0 N–H and O–H groups in total. The molecule has 5 nitrogen and oxygen atoms in total. The van der Waals surface area contributed by atoms with Crippen LogP contribution in [0.25, 0.3) is 0 Å². The Bertz CT molecular complexity index is 782. The third-order valence-corrected chi connectivity index (χ3v) is 6.35. The fourth-order valence-electron chi connectivity index (χ4n) is 1.98. The molecule has 0 heterocycles. The summed E-state index contributed by atoms with van der Waals surface area (Å²) in [6.07, 6.45) is -40.6. The molecular weight excluding hydrogens is 599 g/mol. The highest BCUT2D eigenvalue weighted by Crippen LogP contribution is 2.56. The summed E-state index contributed by atoms with van der Waals surface area (Å²) in [7, 11) is -1.69. The van der Waals surface area contributed by atoms with E-state index in [4.69, 9.17) is 0 Å². The summed E-state index contributed by atoms with van der Waals surface area (Å²) < 4.78 is 240. The number of halogens is 17. The summed E-state index contributed by atoms with van der Waals surface area (Å²) in [5.41, 5.74) is 0.301. The first kappa shape index (κ1) is 35.6. The number of hydrogen-bond acceptors (Lipinski definition) is 5. The van der Waals surface area contributed by atoms with Crippen LogP contribution in [0.5, 0.6) is 0 Å². The summed E-state index contributed by atoms with van der Waals surface area (Å²) in [5, 5.41) is 0. The summed E-state index contributed by atoms with van der Waals surface area (Å²) in [4.78, 5) is 0. The maximum atomic E-state index is 14.4. The lowest BCUT2D eigenvalue weighted by molar-refractivity contribution is -0.551. The molecule has 0 rings (SSSR count). The van der Waals surface area contributed by atoms with Crippen LogP contribution in [0.3, 0.4) is 0 Å². The predicted octanol–water partition coefficient (Wildman–Crippen LogP) is 6.22. The van der Waals surface area contributed by atoms with Gasteiger partial charge in [-0.3, -0.25) is 9.47 Å². The van der Waals surface area contributed by atoms with Crippen LogP contribution in [0.4, 0.5) is 74.6 Å². The molecule has 0 saturated carbocycles. The van der Waals surface area contributed by atoms with Gasteiger partial charge >= 0.3 is 57.2 Å². The van der Waals surface area contributed by atoms with Gasteiger partial charge in [-0.2, -0.15) is 70.2 Å². The van der Waals surface area contributed by atoms with Gasteiger partial charge in [0, 0.05) is 27.8 Å². The Hall–Kier alpha value is -1.43. The van der Waals surface area contributed by atoms with E-state index in [-0.39, 0.29) is 6.08 Å². The van der Waals surface area contributed by atoms with Crippen LogP contribution in [0.15, 0.2) is 11.8 Å². The van der Waals surface area contributed by atoms with E-state index in [0.717, 1.165) is 21.3 Å². The van der Waals surface area contributed by atoms with E-state index in [2.05, 4.69) is 18.0 Å². The Morgan fingerprint density at radius 1 is 0.541 bits per heavy atom. The molecule has 23 heteroatoms. The van der Waals surface area contributed by atoms with Crippen LogP contribution in [0.2, 0.25) is 0 Å². The van der Waals surface area contributed by atoms with Gasteiger partial charge in [-0.25, -0.2) is 4.39 Å². The average Bonchev–Trinajstić information content (AvgIpc) is 2.68. The Balaban J connectivity index is 6.66. The van der Waals surface area contributed by atoms with Gasteiger partial charge in [0.05, 0.1) is 0 Å². The topological polar surface area (TPSA) is 46.2 Å². The molecule has 2 atom stereocenters. The molecular formula is C14H13F17O5Si. The third kappa shape index (κ3) is 6.96. The molecule has 2 unspecified atom stereocenters. The van der Waals surface area contributed by atoms with Gasteiger partial charge in [0.2, 0.25) is 0 Å². The van der Waals surface area contributed by atoms with Crippen LogP contribution in [-0.4, -0.2) is 78.5 Å². The molecule has 0 fully saturated rings. The quantitative estimate of drug-likeness (QED) is 0.194. The van der Waals surface area contributed by atoms with E-state index < -0.39 is 63.6 Å². The molecule has 0 spiro atoms. The standard InChI is InChI=1S/C14H13F17O5Si/c1-32-37(33-2,34-3)6-4-5-7(15,10(19,20)21)35-14(30,31)9(18,12(25,26)27)36-13(28,29)8(16,17)11(22,23)24/h4,6H,5H2,1-3H3/b6-4+. The molecule has 222 valence electrons. The first-order chi connectivity index (χ1) is 16.1. The fraction of sp³-hybridized carbons (Fsp3) is 0.857. The predicted molar refractivity (Wildman–Crippen MR) is 83.4 cm³/mol. The van der Waals surface area contributed by atoms with Crippen molar-refractivity contribution in [2.75, 3.05) is 21.3 Å². The van der Waals surface area contributed by atoms with Gasteiger partial charge in [0.1, 0.15) is 0 Å². The summed E-state index contributed by atoms with van der Waals surface area (Å²) in [6, 6.07) is 0. The fourth-order valence-corrected chi connectivity index (χ4v) is 3.30. The van der Waals surface area contributed by atoms with Crippen molar-refractivity contribution >= 4 is 8.80 Å². The maximum Gasteiger partial charge on any atom is 0.528 e. The zero-order valence-electron chi connectivity index (χ0n) is 17.8. The van der Waals surface area contributed by atoms with Crippen molar-refractivity contribution in [1.29, 1.82) is 0 Å². The normalized spacial score (nSPS) is 18.7. The van der Waals surface area contributed by atoms with Gasteiger partial charge in [-0.05, 0) is 5.70 Å². The molecule has 37 heavy (non-hydrogen) atoms. The van der Waals surface area contributed by atoms with Gasteiger partial charge < -0.3 is 13.3 Å². The second kappa shape index (κ2) is 10.6. The first-order valence-electron chi connectivity index (χ1n) is 8.50. The number of rotatable bonds is 12. The van der Waals surface area contributed by atoms with E-state index in [0.29, 0.717) is 5.70 Å². The molecule has 0 aliphatic carbocycles. The highest BCUT2D eigenvalue weighted by Gasteiger charge is 2.85. The van der Waals surface area contributed by atoms with Gasteiger partial charge in [0.25, 0.3) is 0 Å². The minimum atomic E-state index is -7.92. The van der Waals surface area contributed by atoms with Crippen LogP contribution in [-0.2, 0) is 22.8 Å².